The summed E-state index contributed by atoms with van der Waals surface area (Å²) in [4.78, 5) is 22.8. The van der Waals surface area contributed by atoms with E-state index >= 15 is 0 Å². The maximum Gasteiger partial charge on any atom is 0.339 e. The van der Waals surface area contributed by atoms with E-state index in [1.807, 2.05) is 0 Å². The zero-order chi connectivity index (χ0) is 15.6. The molecule has 0 aliphatic carbocycles. The smallest absolute Gasteiger partial charge is 0.339 e. The highest BCUT2D eigenvalue weighted by atomic mass is 35.5. The Hall–Kier alpha value is -2.60. The minimum absolute atomic E-state index is 0.106. The molecule has 2 aromatic rings. The van der Waals surface area contributed by atoms with Gasteiger partial charge >= 0.3 is 5.97 Å². The van der Waals surface area contributed by atoms with Gasteiger partial charge in [-0.3, -0.25) is 4.79 Å². The monoisotopic (exact) mass is 309 g/mol. The van der Waals surface area contributed by atoms with Gasteiger partial charge in [0.15, 0.2) is 0 Å². The van der Waals surface area contributed by atoms with Crippen LogP contribution in [-0.4, -0.2) is 22.1 Å². The number of benzene rings is 2. The van der Waals surface area contributed by atoms with Crippen LogP contribution in [0.5, 0.6) is 5.75 Å². The fourth-order valence-electron chi connectivity index (χ4n) is 1.66. The lowest BCUT2D eigenvalue weighted by Gasteiger charge is -2.08. The highest BCUT2D eigenvalue weighted by molar-refractivity contribution is 6.31. The van der Waals surface area contributed by atoms with E-state index in [2.05, 4.69) is 5.32 Å². The number of aromatic hydroxyl groups is 1. The summed E-state index contributed by atoms with van der Waals surface area (Å²) in [6, 6.07) is 6.99. The van der Waals surface area contributed by atoms with Crippen molar-refractivity contribution in [1.29, 1.82) is 0 Å². The lowest BCUT2D eigenvalue weighted by atomic mass is 10.1. The molecule has 0 atom stereocenters. The largest absolute Gasteiger partial charge is 0.507 e. The van der Waals surface area contributed by atoms with Crippen molar-refractivity contribution in [3.63, 3.8) is 0 Å². The van der Waals surface area contributed by atoms with E-state index < -0.39 is 23.4 Å². The molecule has 3 N–H and O–H groups in total. The molecule has 0 radical (unpaired) electrons. The summed E-state index contributed by atoms with van der Waals surface area (Å²) < 4.78 is 13.5. The molecule has 0 unspecified atom stereocenters. The third-order valence-electron chi connectivity index (χ3n) is 2.66. The Labute approximate surface area is 123 Å². The molecule has 2 rings (SSSR count). The van der Waals surface area contributed by atoms with Gasteiger partial charge in [-0.2, -0.15) is 0 Å². The van der Waals surface area contributed by atoms with Crippen LogP contribution in [0.3, 0.4) is 0 Å². The molecule has 2 aromatic carbocycles. The average molecular weight is 310 g/mol. The number of halogens is 2. The minimum Gasteiger partial charge on any atom is -0.507 e. The summed E-state index contributed by atoms with van der Waals surface area (Å²) in [6.07, 6.45) is 0. The Morgan fingerprint density at radius 1 is 1.10 bits per heavy atom. The second-order valence-corrected chi connectivity index (χ2v) is 4.55. The van der Waals surface area contributed by atoms with Crippen molar-refractivity contribution in [3.05, 3.63) is 58.4 Å². The Bertz CT molecular complexity index is 733. The zero-order valence-electron chi connectivity index (χ0n) is 10.4. The number of hydrogen-bond acceptors (Lipinski definition) is 3. The van der Waals surface area contributed by atoms with Crippen LogP contribution in [0.15, 0.2) is 36.4 Å². The maximum absolute atomic E-state index is 13.5. The van der Waals surface area contributed by atoms with Crippen molar-refractivity contribution in [3.8, 4) is 5.75 Å². The van der Waals surface area contributed by atoms with Crippen LogP contribution >= 0.6 is 11.6 Å². The van der Waals surface area contributed by atoms with Crippen molar-refractivity contribution in [2.45, 2.75) is 0 Å². The topological polar surface area (TPSA) is 86.6 Å². The number of carboxylic acid groups (broad SMARTS) is 1. The molecule has 0 bridgehead atoms. The number of carbonyl (C=O) groups excluding carboxylic acids is 1. The third-order valence-corrected chi connectivity index (χ3v) is 2.89. The van der Waals surface area contributed by atoms with E-state index in [4.69, 9.17) is 16.7 Å². The Kier molecular flexibility index (Phi) is 4.09. The van der Waals surface area contributed by atoms with Crippen LogP contribution in [0.25, 0.3) is 0 Å². The van der Waals surface area contributed by atoms with E-state index in [9.17, 15) is 19.1 Å². The standard InChI is InChI=1S/C14H9ClFNO4/c15-7-1-3-11(16)9(5-7)13(19)17-8-2-4-12(18)10(6-8)14(20)21/h1-6,18H,(H,17,19)(H,20,21). The predicted octanol–water partition coefficient (Wildman–Crippen LogP) is 3.14. The van der Waals surface area contributed by atoms with Crippen molar-refractivity contribution in [2.75, 3.05) is 5.32 Å². The molecule has 0 aliphatic rings. The molecular formula is C14H9ClFNO4. The number of carboxylic acids is 1. The van der Waals surface area contributed by atoms with Crippen molar-refractivity contribution in [2.24, 2.45) is 0 Å². The quantitative estimate of drug-likeness (QED) is 0.760. The van der Waals surface area contributed by atoms with Crippen molar-refractivity contribution in [1.82, 2.24) is 0 Å². The molecule has 0 aliphatic heterocycles. The number of carbonyl (C=O) groups is 2. The normalized spacial score (nSPS) is 10.2. The summed E-state index contributed by atoms with van der Waals surface area (Å²) >= 11 is 5.69. The second-order valence-electron chi connectivity index (χ2n) is 4.12. The number of anilines is 1. The van der Waals surface area contributed by atoms with Gasteiger partial charge in [-0.1, -0.05) is 11.6 Å². The van der Waals surface area contributed by atoms with Gasteiger partial charge < -0.3 is 15.5 Å². The van der Waals surface area contributed by atoms with Gasteiger partial charge in [-0.25, -0.2) is 9.18 Å². The fraction of sp³-hybridized carbons (Fsp3) is 0. The van der Waals surface area contributed by atoms with Gasteiger partial charge in [-0.15, -0.1) is 0 Å². The summed E-state index contributed by atoms with van der Waals surface area (Å²) in [5.41, 5.74) is -0.540. The summed E-state index contributed by atoms with van der Waals surface area (Å²) in [6.45, 7) is 0. The molecule has 5 nitrogen and oxygen atoms in total. The summed E-state index contributed by atoms with van der Waals surface area (Å²) in [5, 5.41) is 20.8. The van der Waals surface area contributed by atoms with Crippen molar-refractivity contribution >= 4 is 29.2 Å². The number of rotatable bonds is 3. The lowest BCUT2D eigenvalue weighted by Crippen LogP contribution is -2.14. The molecular weight excluding hydrogens is 301 g/mol. The number of aromatic carboxylic acids is 1. The number of nitrogens with one attached hydrogen (secondary N) is 1. The fourth-order valence-corrected chi connectivity index (χ4v) is 1.83. The van der Waals surface area contributed by atoms with E-state index in [1.165, 1.54) is 12.1 Å². The number of hydrogen-bond donors (Lipinski definition) is 3. The second kappa shape index (κ2) is 5.80. The van der Waals surface area contributed by atoms with E-state index in [1.54, 1.807) is 0 Å². The van der Waals surface area contributed by atoms with E-state index in [-0.39, 0.29) is 21.8 Å². The van der Waals surface area contributed by atoms with Gasteiger partial charge in [0.25, 0.3) is 5.91 Å². The van der Waals surface area contributed by atoms with Crippen LogP contribution in [0.1, 0.15) is 20.7 Å². The van der Waals surface area contributed by atoms with Gasteiger partial charge in [0, 0.05) is 10.7 Å². The Morgan fingerprint density at radius 2 is 1.81 bits per heavy atom. The molecule has 0 heterocycles. The summed E-state index contributed by atoms with van der Waals surface area (Å²) in [5.74, 6) is -3.32. The molecule has 21 heavy (non-hydrogen) atoms. The Balaban J connectivity index is 2.29. The first-order chi connectivity index (χ1) is 9.88. The molecule has 0 aromatic heterocycles. The predicted molar refractivity (Wildman–Crippen MR) is 74.4 cm³/mol. The highest BCUT2D eigenvalue weighted by Crippen LogP contribution is 2.22. The van der Waals surface area contributed by atoms with Gasteiger partial charge in [-0.05, 0) is 36.4 Å². The summed E-state index contributed by atoms with van der Waals surface area (Å²) in [7, 11) is 0. The van der Waals surface area contributed by atoms with Gasteiger partial charge in [0.2, 0.25) is 0 Å². The van der Waals surface area contributed by atoms with E-state index in [0.29, 0.717) is 0 Å². The highest BCUT2D eigenvalue weighted by Gasteiger charge is 2.15. The first-order valence-electron chi connectivity index (χ1n) is 5.71. The van der Waals surface area contributed by atoms with Crippen LogP contribution < -0.4 is 5.32 Å². The first kappa shape index (κ1) is 14.8. The third kappa shape index (κ3) is 3.29. The van der Waals surface area contributed by atoms with Crippen LogP contribution in [0.4, 0.5) is 10.1 Å². The lowest BCUT2D eigenvalue weighted by molar-refractivity contribution is 0.0693. The zero-order valence-corrected chi connectivity index (χ0v) is 11.2. The van der Waals surface area contributed by atoms with Crippen molar-refractivity contribution < 1.29 is 24.2 Å². The average Bonchev–Trinajstić information content (AvgIpc) is 2.43. The Morgan fingerprint density at radius 3 is 2.48 bits per heavy atom. The van der Waals surface area contributed by atoms with E-state index in [0.717, 1.165) is 24.3 Å². The van der Waals surface area contributed by atoms with Gasteiger partial charge in [0.05, 0.1) is 5.56 Å². The first-order valence-corrected chi connectivity index (χ1v) is 6.09. The van der Waals surface area contributed by atoms with Crippen LogP contribution in [-0.2, 0) is 0 Å². The maximum atomic E-state index is 13.5. The molecule has 0 fully saturated rings. The SMILES string of the molecule is O=C(O)c1cc(NC(=O)c2cc(Cl)ccc2F)ccc1O. The minimum atomic E-state index is -1.35. The number of amides is 1. The molecule has 108 valence electrons. The number of phenols is 1. The molecule has 7 heteroatoms. The molecule has 0 saturated carbocycles. The molecule has 0 saturated heterocycles. The molecule has 0 spiro atoms. The van der Waals surface area contributed by atoms with Crippen LogP contribution in [0, 0.1) is 5.82 Å². The van der Waals surface area contributed by atoms with Crippen LogP contribution in [0.2, 0.25) is 5.02 Å². The molecule has 1 amide bonds. The van der Waals surface area contributed by atoms with Gasteiger partial charge in [0.1, 0.15) is 17.1 Å².